The van der Waals surface area contributed by atoms with Crippen molar-refractivity contribution in [2.75, 3.05) is 18.1 Å². The van der Waals surface area contributed by atoms with Crippen molar-refractivity contribution in [3.05, 3.63) is 22.8 Å². The quantitative estimate of drug-likeness (QED) is 0.726. The second-order valence-corrected chi connectivity index (χ2v) is 7.10. The topological polar surface area (TPSA) is 108 Å². The zero-order chi connectivity index (χ0) is 15.6. The van der Waals surface area contributed by atoms with Gasteiger partial charge in [0, 0.05) is 12.1 Å². The highest BCUT2D eigenvalue weighted by Gasteiger charge is 2.22. The minimum atomic E-state index is -3.34. The smallest absolute Gasteiger partial charge is 0.356 e. The number of carbonyl (C=O) groups is 1. The Morgan fingerprint density at radius 1 is 1.45 bits per heavy atom. The summed E-state index contributed by atoms with van der Waals surface area (Å²) in [6, 6.07) is 2.93. The SMILES string of the molecule is CC(C)(CNc1ccc(Cl)c(C(=O)O)n1)NS(C)(=O)=O. The van der Waals surface area contributed by atoms with Crippen LogP contribution in [0.25, 0.3) is 0 Å². The van der Waals surface area contributed by atoms with E-state index in [0.29, 0.717) is 5.82 Å². The molecule has 3 N–H and O–H groups in total. The van der Waals surface area contributed by atoms with Crippen LogP contribution in [0, 0.1) is 0 Å². The number of carboxylic acid groups (broad SMARTS) is 1. The van der Waals surface area contributed by atoms with Crippen molar-refractivity contribution in [3.63, 3.8) is 0 Å². The third-order valence-electron chi connectivity index (χ3n) is 2.22. The first-order valence-electron chi connectivity index (χ1n) is 5.63. The fourth-order valence-electron chi connectivity index (χ4n) is 1.54. The second-order valence-electron chi connectivity index (χ2n) is 4.94. The van der Waals surface area contributed by atoms with Crippen molar-refractivity contribution >= 4 is 33.4 Å². The summed E-state index contributed by atoms with van der Waals surface area (Å²) in [5.74, 6) is -0.928. The molecule has 0 spiro atoms. The fourth-order valence-corrected chi connectivity index (χ4v) is 2.80. The maximum absolute atomic E-state index is 11.2. The average molecular weight is 322 g/mol. The molecule has 1 aromatic rings. The third kappa shape index (κ3) is 5.32. The van der Waals surface area contributed by atoms with Gasteiger partial charge in [0.1, 0.15) is 5.82 Å². The summed E-state index contributed by atoms with van der Waals surface area (Å²) in [5.41, 5.74) is -1.01. The second kappa shape index (κ2) is 5.94. The predicted octanol–water partition coefficient (Wildman–Crippen LogP) is 1.17. The molecule has 0 amide bonds. The van der Waals surface area contributed by atoms with E-state index < -0.39 is 21.5 Å². The molecule has 0 aliphatic carbocycles. The van der Waals surface area contributed by atoms with Gasteiger partial charge in [0.2, 0.25) is 10.0 Å². The lowest BCUT2D eigenvalue weighted by Crippen LogP contribution is -2.47. The Morgan fingerprint density at radius 3 is 2.55 bits per heavy atom. The molecule has 1 rings (SSSR count). The Kier molecular flexibility index (Phi) is 4.95. The van der Waals surface area contributed by atoms with Gasteiger partial charge in [-0.1, -0.05) is 11.6 Å². The normalized spacial score (nSPS) is 12.2. The van der Waals surface area contributed by atoms with Gasteiger partial charge >= 0.3 is 5.97 Å². The number of aromatic nitrogens is 1. The van der Waals surface area contributed by atoms with Gasteiger partial charge in [0.05, 0.1) is 11.3 Å². The van der Waals surface area contributed by atoms with Crippen LogP contribution in [0.1, 0.15) is 24.3 Å². The lowest BCUT2D eigenvalue weighted by molar-refractivity contribution is 0.0691. The fraction of sp³-hybridized carbons (Fsp3) is 0.455. The number of rotatable bonds is 6. The standard InChI is InChI=1S/C11H16ClN3O4S/c1-11(2,15-20(3,18)19)6-13-8-5-4-7(12)9(14-8)10(16)17/h4-5,15H,6H2,1-3H3,(H,13,14)(H,16,17). The largest absolute Gasteiger partial charge is 0.476 e. The van der Waals surface area contributed by atoms with Gasteiger partial charge in [0.15, 0.2) is 5.69 Å². The molecule has 0 unspecified atom stereocenters. The number of pyridine rings is 1. The van der Waals surface area contributed by atoms with E-state index in [-0.39, 0.29) is 17.3 Å². The first kappa shape index (κ1) is 16.7. The monoisotopic (exact) mass is 321 g/mol. The van der Waals surface area contributed by atoms with Crippen LogP contribution in [0.2, 0.25) is 5.02 Å². The minimum absolute atomic E-state index is 0.0385. The van der Waals surface area contributed by atoms with Crippen LogP contribution in [0.15, 0.2) is 12.1 Å². The number of carboxylic acids is 1. The van der Waals surface area contributed by atoms with E-state index in [0.717, 1.165) is 6.26 Å². The molecular formula is C11H16ClN3O4S. The van der Waals surface area contributed by atoms with Crippen LogP contribution in [0.5, 0.6) is 0 Å². The van der Waals surface area contributed by atoms with Crippen LogP contribution < -0.4 is 10.0 Å². The number of nitrogens with one attached hydrogen (secondary N) is 2. The molecule has 0 aliphatic heterocycles. The van der Waals surface area contributed by atoms with Crippen molar-refractivity contribution in [1.29, 1.82) is 0 Å². The predicted molar refractivity (Wildman–Crippen MR) is 76.8 cm³/mol. The minimum Gasteiger partial charge on any atom is -0.476 e. The number of aromatic carboxylic acids is 1. The Labute approximate surface area is 122 Å². The van der Waals surface area contributed by atoms with Gasteiger partial charge in [0.25, 0.3) is 0 Å². The molecule has 0 radical (unpaired) electrons. The van der Waals surface area contributed by atoms with Crippen molar-refractivity contribution in [2.24, 2.45) is 0 Å². The van der Waals surface area contributed by atoms with Crippen LogP contribution in [0.4, 0.5) is 5.82 Å². The highest BCUT2D eigenvalue weighted by Crippen LogP contribution is 2.17. The summed E-state index contributed by atoms with van der Waals surface area (Å²) in [6.45, 7) is 3.61. The summed E-state index contributed by atoms with van der Waals surface area (Å²) in [4.78, 5) is 14.7. The maximum Gasteiger partial charge on any atom is 0.356 e. The highest BCUT2D eigenvalue weighted by atomic mass is 35.5. The highest BCUT2D eigenvalue weighted by molar-refractivity contribution is 7.88. The Bertz CT molecular complexity index is 616. The molecule has 0 atom stereocenters. The van der Waals surface area contributed by atoms with Crippen LogP contribution in [-0.4, -0.2) is 42.8 Å². The number of anilines is 1. The van der Waals surface area contributed by atoms with E-state index in [1.54, 1.807) is 13.8 Å². The maximum atomic E-state index is 11.2. The first-order chi connectivity index (χ1) is 9.00. The summed E-state index contributed by atoms with van der Waals surface area (Å²) in [6.07, 6.45) is 1.07. The molecule has 1 aromatic heterocycles. The molecule has 0 fully saturated rings. The van der Waals surface area contributed by atoms with Gasteiger partial charge in [-0.05, 0) is 26.0 Å². The van der Waals surface area contributed by atoms with Gasteiger partial charge in [-0.3, -0.25) is 0 Å². The Hall–Kier alpha value is -1.38. The Balaban J connectivity index is 2.80. The van der Waals surface area contributed by atoms with E-state index in [1.807, 2.05) is 0 Å². The van der Waals surface area contributed by atoms with Gasteiger partial charge in [-0.15, -0.1) is 0 Å². The molecule has 112 valence electrons. The Morgan fingerprint density at radius 2 is 2.05 bits per heavy atom. The summed E-state index contributed by atoms with van der Waals surface area (Å²) >= 11 is 5.71. The average Bonchev–Trinajstić information content (AvgIpc) is 2.24. The number of sulfonamides is 1. The number of halogens is 1. The van der Waals surface area contributed by atoms with Crippen LogP contribution in [0.3, 0.4) is 0 Å². The van der Waals surface area contributed by atoms with Crippen molar-refractivity contribution in [2.45, 2.75) is 19.4 Å². The molecule has 7 nitrogen and oxygen atoms in total. The molecule has 0 saturated carbocycles. The van der Waals surface area contributed by atoms with Crippen LogP contribution in [-0.2, 0) is 10.0 Å². The first-order valence-corrected chi connectivity index (χ1v) is 7.90. The summed E-state index contributed by atoms with van der Waals surface area (Å²) in [5, 5.41) is 11.8. The van der Waals surface area contributed by atoms with E-state index >= 15 is 0 Å². The zero-order valence-electron chi connectivity index (χ0n) is 11.3. The number of hydrogen-bond acceptors (Lipinski definition) is 5. The molecule has 1 heterocycles. The summed E-state index contributed by atoms with van der Waals surface area (Å²) in [7, 11) is -3.34. The van der Waals surface area contributed by atoms with E-state index in [1.165, 1.54) is 12.1 Å². The van der Waals surface area contributed by atoms with Gasteiger partial charge in [-0.25, -0.2) is 22.9 Å². The van der Waals surface area contributed by atoms with E-state index in [4.69, 9.17) is 16.7 Å². The van der Waals surface area contributed by atoms with Gasteiger partial charge in [-0.2, -0.15) is 0 Å². The zero-order valence-corrected chi connectivity index (χ0v) is 12.8. The van der Waals surface area contributed by atoms with Gasteiger partial charge < -0.3 is 10.4 Å². The van der Waals surface area contributed by atoms with Crippen molar-refractivity contribution in [3.8, 4) is 0 Å². The molecule has 0 bridgehead atoms. The number of hydrogen-bond donors (Lipinski definition) is 3. The molecule has 0 aliphatic rings. The molecule has 0 aromatic carbocycles. The lowest BCUT2D eigenvalue weighted by Gasteiger charge is -2.25. The molecule has 20 heavy (non-hydrogen) atoms. The van der Waals surface area contributed by atoms with E-state index in [9.17, 15) is 13.2 Å². The molecule has 0 saturated heterocycles. The molecular weight excluding hydrogens is 306 g/mol. The summed E-state index contributed by atoms with van der Waals surface area (Å²) < 4.78 is 24.8. The lowest BCUT2D eigenvalue weighted by atomic mass is 10.1. The third-order valence-corrected chi connectivity index (χ3v) is 3.45. The molecule has 9 heteroatoms. The number of nitrogens with zero attached hydrogens (tertiary/aromatic N) is 1. The van der Waals surface area contributed by atoms with Crippen molar-refractivity contribution < 1.29 is 18.3 Å². The van der Waals surface area contributed by atoms with E-state index in [2.05, 4.69) is 15.0 Å². The van der Waals surface area contributed by atoms with Crippen molar-refractivity contribution in [1.82, 2.24) is 9.71 Å². The van der Waals surface area contributed by atoms with Crippen LogP contribution >= 0.6 is 11.6 Å².